The molecule has 1 unspecified atom stereocenters. The average Bonchev–Trinajstić information content (AvgIpc) is 3.33. The molecule has 0 rings (SSSR count). The first-order valence-corrected chi connectivity index (χ1v) is 27.4. The number of unbranched alkanes of at least 4 members (excludes halogenated alkanes) is 19. The fraction of sp³-hybridized carbons (Fsp3) is 0.656. The van der Waals surface area contributed by atoms with Crippen molar-refractivity contribution in [1.82, 2.24) is 0 Å². The van der Waals surface area contributed by atoms with Crippen LogP contribution in [0.15, 0.2) is 109 Å². The minimum atomic E-state index is -0.802. The maximum Gasteiger partial charge on any atom is 0.306 e. The summed E-state index contributed by atoms with van der Waals surface area (Å²) in [4.78, 5) is 37.7. The molecule has 6 heteroatoms. The van der Waals surface area contributed by atoms with Gasteiger partial charge in [-0.25, -0.2) is 0 Å². The summed E-state index contributed by atoms with van der Waals surface area (Å²) in [6, 6.07) is 0. The lowest BCUT2D eigenvalue weighted by atomic mass is 10.1. The van der Waals surface area contributed by atoms with Crippen LogP contribution in [0.3, 0.4) is 0 Å². The number of hydrogen-bond donors (Lipinski definition) is 0. The molecule has 380 valence electrons. The van der Waals surface area contributed by atoms with Gasteiger partial charge in [-0.15, -0.1) is 0 Å². The molecule has 0 saturated carbocycles. The first kappa shape index (κ1) is 63.1. The van der Waals surface area contributed by atoms with Crippen molar-refractivity contribution < 1.29 is 28.6 Å². The lowest BCUT2D eigenvalue weighted by molar-refractivity contribution is -0.167. The van der Waals surface area contributed by atoms with Gasteiger partial charge in [-0.3, -0.25) is 14.4 Å². The summed E-state index contributed by atoms with van der Waals surface area (Å²) >= 11 is 0. The van der Waals surface area contributed by atoms with E-state index in [9.17, 15) is 14.4 Å². The van der Waals surface area contributed by atoms with Crippen LogP contribution in [0.2, 0.25) is 0 Å². The van der Waals surface area contributed by atoms with E-state index in [1.54, 1.807) is 0 Å². The summed E-state index contributed by atoms with van der Waals surface area (Å²) < 4.78 is 16.6. The van der Waals surface area contributed by atoms with Gasteiger partial charge in [0.2, 0.25) is 0 Å². The lowest BCUT2D eigenvalue weighted by Gasteiger charge is -2.18. The van der Waals surface area contributed by atoms with Gasteiger partial charge in [-0.2, -0.15) is 0 Å². The van der Waals surface area contributed by atoms with E-state index >= 15 is 0 Å². The van der Waals surface area contributed by atoms with Crippen LogP contribution in [0.25, 0.3) is 0 Å². The molecule has 0 aromatic rings. The van der Waals surface area contributed by atoms with Crippen LogP contribution in [0.1, 0.15) is 239 Å². The standard InChI is InChI=1S/C61H100O6/c1-4-7-10-13-15-17-19-21-23-25-27-29-30-32-33-35-37-39-41-43-45-48-51-54-60(63)66-57-58(56-65-59(62)53-50-47-12-9-6-3)67-61(64)55-52-49-46-44-42-40-38-36-34-31-28-26-24-22-20-18-16-14-11-8-5-2/h7,10,15,17,20-23,26-29,32-33,37,39,43,45,58H,4-6,8-9,11-14,16,18-19,24-25,30-31,34-36,38,40-42,44,46-57H2,1-3H3/b10-7-,17-15-,22-20-,23-21-,28-26-,29-27-,33-32-,39-37-,45-43-. The molecule has 0 amide bonds. The molecular weight excluding hydrogens is 829 g/mol. The zero-order chi connectivity index (χ0) is 48.6. The van der Waals surface area contributed by atoms with Gasteiger partial charge in [-0.1, -0.05) is 226 Å². The van der Waals surface area contributed by atoms with Crippen molar-refractivity contribution in [3.63, 3.8) is 0 Å². The second kappa shape index (κ2) is 54.7. The SMILES string of the molecule is CC/C=C\C/C=C\C/C=C\C/C=C\C/C=C\C/C=C\C/C=C\CCCC(=O)OCC(COC(=O)CCCCCCC)OC(=O)CCCCCCCCCCC/C=C\C/C=C\CCCCCCC. The maximum atomic E-state index is 12.8. The predicted molar refractivity (Wildman–Crippen MR) is 288 cm³/mol. The second-order valence-corrected chi connectivity index (χ2v) is 17.8. The van der Waals surface area contributed by atoms with Gasteiger partial charge in [-0.05, 0) is 103 Å². The summed E-state index contributed by atoms with van der Waals surface area (Å²) in [5, 5.41) is 0. The Kier molecular flexibility index (Phi) is 51.5. The van der Waals surface area contributed by atoms with Crippen molar-refractivity contribution in [2.45, 2.75) is 245 Å². The van der Waals surface area contributed by atoms with E-state index in [2.05, 4.69) is 130 Å². The third kappa shape index (κ3) is 52.9. The van der Waals surface area contributed by atoms with Crippen molar-refractivity contribution in [1.29, 1.82) is 0 Å². The van der Waals surface area contributed by atoms with E-state index in [1.165, 1.54) is 83.5 Å². The molecule has 0 saturated heterocycles. The highest BCUT2D eigenvalue weighted by Crippen LogP contribution is 2.14. The largest absolute Gasteiger partial charge is 0.462 e. The quantitative estimate of drug-likeness (QED) is 0.0262. The Labute approximate surface area is 412 Å². The molecule has 6 nitrogen and oxygen atoms in total. The molecule has 0 aliphatic rings. The number of allylic oxidation sites excluding steroid dienone is 18. The van der Waals surface area contributed by atoms with Crippen molar-refractivity contribution in [2.75, 3.05) is 13.2 Å². The lowest BCUT2D eigenvalue weighted by Crippen LogP contribution is -2.30. The Bertz CT molecular complexity index is 1390. The summed E-state index contributed by atoms with van der Waals surface area (Å²) in [7, 11) is 0. The molecule has 0 fully saturated rings. The van der Waals surface area contributed by atoms with E-state index in [1.807, 2.05) is 0 Å². The molecule has 0 heterocycles. The fourth-order valence-electron chi connectivity index (χ4n) is 7.17. The van der Waals surface area contributed by atoms with Gasteiger partial charge in [0.25, 0.3) is 0 Å². The van der Waals surface area contributed by atoms with Crippen LogP contribution in [-0.2, 0) is 28.6 Å². The van der Waals surface area contributed by atoms with E-state index in [-0.39, 0.29) is 37.5 Å². The zero-order valence-corrected chi connectivity index (χ0v) is 43.4. The zero-order valence-electron chi connectivity index (χ0n) is 43.4. The monoisotopic (exact) mass is 929 g/mol. The van der Waals surface area contributed by atoms with Crippen molar-refractivity contribution in [3.8, 4) is 0 Å². The summed E-state index contributed by atoms with van der Waals surface area (Å²) in [5.41, 5.74) is 0. The minimum Gasteiger partial charge on any atom is -0.462 e. The minimum absolute atomic E-state index is 0.100. The average molecular weight is 929 g/mol. The molecule has 0 aliphatic heterocycles. The highest BCUT2D eigenvalue weighted by atomic mass is 16.6. The number of carbonyl (C=O) groups excluding carboxylic acids is 3. The van der Waals surface area contributed by atoms with Gasteiger partial charge in [0.1, 0.15) is 13.2 Å². The molecule has 0 aromatic carbocycles. The Morgan fingerprint density at radius 1 is 0.313 bits per heavy atom. The fourth-order valence-corrected chi connectivity index (χ4v) is 7.17. The number of carbonyl (C=O) groups is 3. The van der Waals surface area contributed by atoms with E-state index in [0.29, 0.717) is 19.3 Å². The van der Waals surface area contributed by atoms with Gasteiger partial charge in [0.05, 0.1) is 0 Å². The van der Waals surface area contributed by atoms with Crippen LogP contribution in [-0.4, -0.2) is 37.2 Å². The Morgan fingerprint density at radius 3 is 0.970 bits per heavy atom. The Hall–Kier alpha value is -3.93. The molecule has 0 spiro atoms. The summed E-state index contributed by atoms with van der Waals surface area (Å²) in [5.74, 6) is -0.984. The van der Waals surface area contributed by atoms with Crippen LogP contribution >= 0.6 is 0 Å². The van der Waals surface area contributed by atoms with Crippen molar-refractivity contribution in [2.24, 2.45) is 0 Å². The normalized spacial score (nSPS) is 12.9. The van der Waals surface area contributed by atoms with Crippen molar-refractivity contribution >= 4 is 17.9 Å². The maximum absolute atomic E-state index is 12.8. The molecule has 67 heavy (non-hydrogen) atoms. The predicted octanol–water partition coefficient (Wildman–Crippen LogP) is 18.3. The Morgan fingerprint density at radius 2 is 0.597 bits per heavy atom. The van der Waals surface area contributed by atoms with E-state index in [0.717, 1.165) is 109 Å². The molecule has 0 N–H and O–H groups in total. The Balaban J connectivity index is 4.26. The van der Waals surface area contributed by atoms with E-state index < -0.39 is 6.10 Å². The van der Waals surface area contributed by atoms with Gasteiger partial charge >= 0.3 is 17.9 Å². The van der Waals surface area contributed by atoms with Crippen LogP contribution in [0.5, 0.6) is 0 Å². The highest BCUT2D eigenvalue weighted by molar-refractivity contribution is 5.71. The number of hydrogen-bond acceptors (Lipinski definition) is 6. The molecule has 1 atom stereocenters. The molecule has 0 aromatic heterocycles. The van der Waals surface area contributed by atoms with Crippen LogP contribution in [0, 0.1) is 0 Å². The van der Waals surface area contributed by atoms with Gasteiger partial charge in [0, 0.05) is 19.3 Å². The van der Waals surface area contributed by atoms with Gasteiger partial charge < -0.3 is 14.2 Å². The van der Waals surface area contributed by atoms with Crippen molar-refractivity contribution in [3.05, 3.63) is 109 Å². The molecule has 0 radical (unpaired) electrons. The van der Waals surface area contributed by atoms with Crippen LogP contribution < -0.4 is 0 Å². The van der Waals surface area contributed by atoms with Crippen LogP contribution in [0.4, 0.5) is 0 Å². The first-order valence-electron chi connectivity index (χ1n) is 27.4. The molecule has 0 aliphatic carbocycles. The summed E-state index contributed by atoms with van der Waals surface area (Å²) in [6.45, 7) is 6.37. The first-order chi connectivity index (χ1) is 33.0. The molecular formula is C61H100O6. The number of rotatable bonds is 48. The number of ether oxygens (including phenoxy) is 3. The smallest absolute Gasteiger partial charge is 0.306 e. The highest BCUT2D eigenvalue weighted by Gasteiger charge is 2.19. The third-order valence-corrected chi connectivity index (χ3v) is 11.3. The van der Waals surface area contributed by atoms with Gasteiger partial charge in [0.15, 0.2) is 6.10 Å². The second-order valence-electron chi connectivity index (χ2n) is 17.8. The third-order valence-electron chi connectivity index (χ3n) is 11.3. The van der Waals surface area contributed by atoms with E-state index in [4.69, 9.17) is 14.2 Å². The molecule has 0 bridgehead atoms. The summed E-state index contributed by atoms with van der Waals surface area (Å²) in [6.07, 6.45) is 74.1. The number of esters is 3. The topological polar surface area (TPSA) is 78.9 Å².